The van der Waals surface area contributed by atoms with Crippen molar-refractivity contribution in [1.82, 2.24) is 5.01 Å². The molecule has 250 valence electrons. The van der Waals surface area contributed by atoms with Gasteiger partial charge in [-0.3, -0.25) is 14.4 Å². The number of hydrazone groups is 1. The van der Waals surface area contributed by atoms with Gasteiger partial charge in [-0.1, -0.05) is 42.0 Å². The van der Waals surface area contributed by atoms with Crippen LogP contribution in [-0.2, 0) is 19.1 Å². The molecule has 2 amide bonds. The zero-order valence-corrected chi connectivity index (χ0v) is 28.5. The molecule has 48 heavy (non-hydrogen) atoms. The summed E-state index contributed by atoms with van der Waals surface area (Å²) < 4.78 is 16.5. The van der Waals surface area contributed by atoms with Crippen LogP contribution in [0.3, 0.4) is 0 Å². The topological polar surface area (TPSA) is 97.7 Å². The Morgan fingerprint density at radius 2 is 1.56 bits per heavy atom. The number of benzene rings is 3. The maximum absolute atomic E-state index is 14.2. The van der Waals surface area contributed by atoms with E-state index in [0.717, 1.165) is 75.6 Å². The summed E-state index contributed by atoms with van der Waals surface area (Å²) >= 11 is 0. The average Bonchev–Trinajstić information content (AvgIpc) is 3.66. The first-order valence-corrected chi connectivity index (χ1v) is 16.6. The molecule has 1 saturated carbocycles. The van der Waals surface area contributed by atoms with Crippen LogP contribution in [0, 0.1) is 32.6 Å². The largest absolute Gasteiger partial charge is 0.497 e. The van der Waals surface area contributed by atoms with E-state index in [-0.39, 0.29) is 30.8 Å². The van der Waals surface area contributed by atoms with Gasteiger partial charge in [0.05, 0.1) is 31.9 Å². The van der Waals surface area contributed by atoms with Gasteiger partial charge in [0.15, 0.2) is 6.10 Å². The van der Waals surface area contributed by atoms with Gasteiger partial charge in [0.1, 0.15) is 11.5 Å². The van der Waals surface area contributed by atoms with Gasteiger partial charge in [-0.15, -0.1) is 0 Å². The summed E-state index contributed by atoms with van der Waals surface area (Å²) in [5.41, 5.74) is 7.84. The number of amides is 2. The third-order valence-electron chi connectivity index (χ3n) is 9.65. The van der Waals surface area contributed by atoms with Crippen molar-refractivity contribution < 1.29 is 28.6 Å². The number of esters is 1. The van der Waals surface area contributed by atoms with Gasteiger partial charge in [0, 0.05) is 24.6 Å². The van der Waals surface area contributed by atoms with Gasteiger partial charge in [-0.05, 0) is 105 Å². The van der Waals surface area contributed by atoms with Crippen LogP contribution in [0.2, 0.25) is 0 Å². The lowest BCUT2D eigenvalue weighted by molar-refractivity contribution is -0.163. The molecule has 0 aromatic heterocycles. The monoisotopic (exact) mass is 649 g/mol. The van der Waals surface area contributed by atoms with E-state index in [1.54, 1.807) is 26.0 Å². The zero-order valence-electron chi connectivity index (χ0n) is 28.5. The number of rotatable bonds is 8. The molecule has 0 N–H and O–H groups in total. The van der Waals surface area contributed by atoms with Gasteiger partial charge in [0.25, 0.3) is 5.91 Å². The van der Waals surface area contributed by atoms with Crippen LogP contribution in [0.5, 0.6) is 11.5 Å². The molecular weight excluding hydrogens is 606 g/mol. The number of methoxy groups -OCH3 is 2. The second kappa shape index (κ2) is 13.7. The Bertz CT molecular complexity index is 1760. The van der Waals surface area contributed by atoms with E-state index in [4.69, 9.17) is 19.3 Å². The molecular formula is C39H43N3O6. The van der Waals surface area contributed by atoms with E-state index < -0.39 is 23.9 Å². The first kappa shape index (κ1) is 33.0. The van der Waals surface area contributed by atoms with E-state index in [0.29, 0.717) is 0 Å². The van der Waals surface area contributed by atoms with E-state index in [1.807, 2.05) is 81.4 Å². The van der Waals surface area contributed by atoms with Crippen molar-refractivity contribution in [3.8, 4) is 11.5 Å². The molecule has 1 saturated heterocycles. The molecule has 3 aromatic carbocycles. The zero-order chi connectivity index (χ0) is 34.1. The molecule has 9 nitrogen and oxygen atoms in total. The third-order valence-corrected chi connectivity index (χ3v) is 9.65. The minimum absolute atomic E-state index is 0.0227. The lowest BCUT2D eigenvalue weighted by atomic mass is 9.77. The van der Waals surface area contributed by atoms with E-state index >= 15 is 0 Å². The maximum atomic E-state index is 14.2. The molecule has 4 atom stereocenters. The van der Waals surface area contributed by atoms with Crippen LogP contribution < -0.4 is 14.4 Å². The number of hydrogen-bond acceptors (Lipinski definition) is 7. The van der Waals surface area contributed by atoms with Gasteiger partial charge in [0.2, 0.25) is 5.91 Å². The Morgan fingerprint density at radius 1 is 0.938 bits per heavy atom. The summed E-state index contributed by atoms with van der Waals surface area (Å²) in [6.07, 6.45) is 3.74. The summed E-state index contributed by atoms with van der Waals surface area (Å²) in [4.78, 5) is 42.4. The number of ether oxygens (including phenoxy) is 3. The molecule has 6 rings (SSSR count). The Morgan fingerprint density at radius 3 is 2.19 bits per heavy atom. The van der Waals surface area contributed by atoms with Gasteiger partial charge in [-0.25, -0.2) is 5.01 Å². The summed E-state index contributed by atoms with van der Waals surface area (Å²) in [7, 11) is 3.26. The Balaban J connectivity index is 1.24. The summed E-state index contributed by atoms with van der Waals surface area (Å²) in [6.45, 7) is 7.77. The fraction of sp³-hybridized carbons (Fsp3) is 0.385. The summed E-state index contributed by atoms with van der Waals surface area (Å²) in [5.74, 6) is -0.274. The molecule has 2 heterocycles. The predicted molar refractivity (Wildman–Crippen MR) is 185 cm³/mol. The molecule has 0 radical (unpaired) electrons. The quantitative estimate of drug-likeness (QED) is 0.251. The highest BCUT2D eigenvalue weighted by Gasteiger charge is 2.46. The van der Waals surface area contributed by atoms with Crippen molar-refractivity contribution in [3.05, 3.63) is 94.1 Å². The highest BCUT2D eigenvalue weighted by Crippen LogP contribution is 2.45. The molecule has 4 unspecified atom stereocenters. The van der Waals surface area contributed by atoms with E-state index in [1.165, 1.54) is 5.01 Å². The number of carbonyl (C=O) groups excluding carboxylic acids is 3. The van der Waals surface area contributed by atoms with Crippen molar-refractivity contribution in [2.75, 3.05) is 25.7 Å². The lowest BCUT2D eigenvalue weighted by Gasteiger charge is -2.30. The normalized spacial score (nSPS) is 22.0. The standard InChI is InChI=1S/C39H43N3O6/c1-23-18-24(2)36(25(3)19-23)41-22-30(21-34(41)43)39(45)48-26(4)38(44)42-37(28-12-16-32(47-6)17-13-28)33-9-7-8-29(35(33)40-42)20-27-10-14-31(46-5)15-11-27/h10-20,26,30,33,37H,7-9,21-22H2,1-6H3/b29-20-. The fourth-order valence-electron chi connectivity index (χ4n) is 7.41. The van der Waals surface area contributed by atoms with Crippen LogP contribution in [0.25, 0.3) is 6.08 Å². The number of fused-ring (bicyclic) bond motifs is 1. The van der Waals surface area contributed by atoms with E-state index in [2.05, 4.69) is 6.08 Å². The molecule has 1 aliphatic carbocycles. The highest BCUT2D eigenvalue weighted by molar-refractivity contribution is 6.08. The minimum Gasteiger partial charge on any atom is -0.497 e. The van der Waals surface area contributed by atoms with Crippen LogP contribution >= 0.6 is 0 Å². The van der Waals surface area contributed by atoms with Gasteiger partial charge in [-0.2, -0.15) is 5.10 Å². The minimum atomic E-state index is -1.09. The number of allylic oxidation sites excluding steroid dienone is 1. The SMILES string of the molecule is COc1ccc(/C=C2/CCCC3C2=NN(C(=O)C(C)OC(=O)C2CC(=O)N(c4c(C)cc(C)cc4C)C2)C3c2ccc(OC)cc2)cc1. The van der Waals surface area contributed by atoms with Crippen molar-refractivity contribution >= 4 is 35.3 Å². The molecule has 0 spiro atoms. The molecule has 2 fully saturated rings. The number of aryl methyl sites for hydroxylation is 3. The number of hydrogen-bond donors (Lipinski definition) is 0. The molecule has 0 bridgehead atoms. The molecule has 3 aliphatic rings. The smallest absolute Gasteiger partial charge is 0.312 e. The number of nitrogens with zero attached hydrogens (tertiary/aromatic N) is 3. The number of carbonyl (C=O) groups is 3. The van der Waals surface area contributed by atoms with E-state index in [9.17, 15) is 14.4 Å². The second-order valence-electron chi connectivity index (χ2n) is 13.1. The van der Waals surface area contributed by atoms with Gasteiger partial charge < -0.3 is 19.1 Å². The van der Waals surface area contributed by atoms with Crippen molar-refractivity contribution in [3.63, 3.8) is 0 Å². The Labute approximate surface area is 282 Å². The summed E-state index contributed by atoms with van der Waals surface area (Å²) in [6, 6.07) is 19.3. The van der Waals surface area contributed by atoms with Crippen LogP contribution in [-0.4, -0.2) is 55.4 Å². The van der Waals surface area contributed by atoms with Crippen molar-refractivity contribution in [2.24, 2.45) is 16.9 Å². The van der Waals surface area contributed by atoms with Crippen molar-refractivity contribution in [2.45, 2.75) is 65.5 Å². The van der Waals surface area contributed by atoms with Crippen LogP contribution in [0.15, 0.2) is 71.3 Å². The molecule has 2 aliphatic heterocycles. The fourth-order valence-corrected chi connectivity index (χ4v) is 7.41. The van der Waals surface area contributed by atoms with Crippen molar-refractivity contribution in [1.29, 1.82) is 0 Å². The average molecular weight is 650 g/mol. The van der Waals surface area contributed by atoms with Gasteiger partial charge >= 0.3 is 5.97 Å². The highest BCUT2D eigenvalue weighted by atomic mass is 16.5. The Kier molecular flexibility index (Phi) is 9.40. The molecule has 3 aromatic rings. The first-order chi connectivity index (χ1) is 23.1. The second-order valence-corrected chi connectivity index (χ2v) is 13.1. The first-order valence-electron chi connectivity index (χ1n) is 16.6. The number of anilines is 1. The third kappa shape index (κ3) is 6.46. The summed E-state index contributed by atoms with van der Waals surface area (Å²) in [5, 5.41) is 6.47. The van der Waals surface area contributed by atoms with Crippen LogP contribution in [0.4, 0.5) is 5.69 Å². The maximum Gasteiger partial charge on any atom is 0.312 e. The lowest BCUT2D eigenvalue weighted by Crippen LogP contribution is -2.40. The predicted octanol–water partition coefficient (Wildman–Crippen LogP) is 6.74. The van der Waals surface area contributed by atoms with Crippen LogP contribution in [0.1, 0.15) is 66.5 Å². The Hall–Kier alpha value is -4.92. The molecule has 9 heteroatoms.